The molecule has 30 heavy (non-hydrogen) atoms. The molecule has 5 rings (SSSR count). The molecule has 0 fully saturated rings. The number of anilines is 2. The van der Waals surface area contributed by atoms with Gasteiger partial charge < -0.3 is 9.88 Å². The summed E-state index contributed by atoms with van der Waals surface area (Å²) in [5.74, 6) is 1.93. The van der Waals surface area contributed by atoms with Crippen LogP contribution in [0.25, 0.3) is 16.9 Å². The number of H-pyrrole nitrogens is 1. The third-order valence-corrected chi connectivity index (χ3v) is 5.61. The molecule has 1 atom stereocenters. The second kappa shape index (κ2) is 7.11. The van der Waals surface area contributed by atoms with Gasteiger partial charge >= 0.3 is 0 Å². The predicted molar refractivity (Wildman–Crippen MR) is 117 cm³/mol. The first kappa shape index (κ1) is 18.6. The van der Waals surface area contributed by atoms with Crippen LogP contribution in [0.2, 0.25) is 5.02 Å². The van der Waals surface area contributed by atoms with Crippen LogP contribution in [0, 0.1) is 6.92 Å². The van der Waals surface area contributed by atoms with Gasteiger partial charge in [0.2, 0.25) is 0 Å². The maximum absolute atomic E-state index is 11.4. The standard InChI is InChI=1S/C22H19ClN6O/c1-13-12-28(17-6-4-16(23)5-7-17)20-9-15(18-10-25-21(30)11-24-18)3-8-19(20)29-14(2)26-27-22(13)29/h3-11,13H,12H2,1-2H3,(H,25,30)/t13-/m1/s1. The van der Waals surface area contributed by atoms with Gasteiger partial charge in [-0.15, -0.1) is 10.2 Å². The van der Waals surface area contributed by atoms with Crippen LogP contribution >= 0.6 is 11.6 Å². The lowest BCUT2D eigenvalue weighted by Crippen LogP contribution is -2.22. The summed E-state index contributed by atoms with van der Waals surface area (Å²) in [5, 5.41) is 9.45. The van der Waals surface area contributed by atoms with E-state index in [2.05, 4.69) is 48.7 Å². The van der Waals surface area contributed by atoms with Crippen LogP contribution in [0.15, 0.2) is 59.7 Å². The summed E-state index contributed by atoms with van der Waals surface area (Å²) < 4.78 is 2.11. The van der Waals surface area contributed by atoms with Crippen LogP contribution in [-0.4, -0.2) is 31.3 Å². The van der Waals surface area contributed by atoms with E-state index in [1.165, 1.54) is 6.20 Å². The molecule has 0 aliphatic carbocycles. The van der Waals surface area contributed by atoms with Gasteiger partial charge in [0.15, 0.2) is 0 Å². The zero-order valence-corrected chi connectivity index (χ0v) is 17.3. The highest BCUT2D eigenvalue weighted by Crippen LogP contribution is 2.40. The summed E-state index contributed by atoms with van der Waals surface area (Å²) in [4.78, 5) is 20.7. The van der Waals surface area contributed by atoms with Gasteiger partial charge in [-0.1, -0.05) is 24.6 Å². The Kier molecular flexibility index (Phi) is 4.40. The molecule has 3 heterocycles. The number of nitrogens with one attached hydrogen (secondary N) is 1. The molecule has 0 saturated heterocycles. The zero-order valence-electron chi connectivity index (χ0n) is 16.5. The van der Waals surface area contributed by atoms with Crippen LogP contribution < -0.4 is 10.5 Å². The number of rotatable bonds is 2. The fourth-order valence-electron chi connectivity index (χ4n) is 3.90. The topological polar surface area (TPSA) is 79.7 Å². The Labute approximate surface area is 178 Å². The second-order valence-corrected chi connectivity index (χ2v) is 7.87. The van der Waals surface area contributed by atoms with Gasteiger partial charge in [-0.2, -0.15) is 0 Å². The zero-order chi connectivity index (χ0) is 20.8. The maximum Gasteiger partial charge on any atom is 0.266 e. The first-order chi connectivity index (χ1) is 14.5. The number of aromatic amines is 1. The van der Waals surface area contributed by atoms with E-state index in [0.717, 1.165) is 40.8 Å². The fourth-order valence-corrected chi connectivity index (χ4v) is 4.03. The van der Waals surface area contributed by atoms with Gasteiger partial charge in [-0.3, -0.25) is 9.36 Å². The number of nitrogens with zero attached hydrogens (tertiary/aromatic N) is 5. The molecular weight excluding hydrogens is 400 g/mol. The Morgan fingerprint density at radius 3 is 2.63 bits per heavy atom. The smallest absolute Gasteiger partial charge is 0.266 e. The lowest BCUT2D eigenvalue weighted by molar-refractivity contribution is 0.696. The highest BCUT2D eigenvalue weighted by molar-refractivity contribution is 6.30. The van der Waals surface area contributed by atoms with Gasteiger partial charge in [0.05, 0.1) is 23.3 Å². The average Bonchev–Trinajstić information content (AvgIpc) is 3.08. The first-order valence-corrected chi connectivity index (χ1v) is 10.0. The molecule has 0 radical (unpaired) electrons. The first-order valence-electron chi connectivity index (χ1n) is 9.66. The maximum atomic E-state index is 11.4. The minimum absolute atomic E-state index is 0.156. The number of halogens is 1. The molecule has 0 spiro atoms. The number of aryl methyl sites for hydroxylation is 1. The molecule has 1 N–H and O–H groups in total. The van der Waals surface area contributed by atoms with Crippen LogP contribution in [0.5, 0.6) is 0 Å². The lowest BCUT2D eigenvalue weighted by Gasteiger charge is -2.27. The van der Waals surface area contributed by atoms with Crippen molar-refractivity contribution in [3.05, 3.63) is 81.9 Å². The van der Waals surface area contributed by atoms with E-state index >= 15 is 0 Å². The molecule has 4 aromatic rings. The Balaban J connectivity index is 1.74. The molecule has 1 aliphatic heterocycles. The van der Waals surface area contributed by atoms with Gasteiger partial charge in [0.1, 0.15) is 11.6 Å². The van der Waals surface area contributed by atoms with Crippen molar-refractivity contribution >= 4 is 23.0 Å². The van der Waals surface area contributed by atoms with E-state index in [1.54, 1.807) is 6.20 Å². The van der Waals surface area contributed by atoms with Crippen molar-refractivity contribution < 1.29 is 0 Å². The third kappa shape index (κ3) is 3.07. The van der Waals surface area contributed by atoms with Gasteiger partial charge in [0, 0.05) is 34.9 Å². The summed E-state index contributed by atoms with van der Waals surface area (Å²) in [7, 11) is 0. The van der Waals surface area contributed by atoms with Crippen molar-refractivity contribution in [3.63, 3.8) is 0 Å². The molecular formula is C22H19ClN6O. The third-order valence-electron chi connectivity index (χ3n) is 5.36. The van der Waals surface area contributed by atoms with Crippen molar-refractivity contribution in [2.45, 2.75) is 19.8 Å². The number of fused-ring (bicyclic) bond motifs is 3. The van der Waals surface area contributed by atoms with E-state index in [0.29, 0.717) is 10.7 Å². The summed E-state index contributed by atoms with van der Waals surface area (Å²) in [5.41, 5.74) is 4.43. The normalized spacial score (nSPS) is 15.4. The monoisotopic (exact) mass is 418 g/mol. The molecule has 1 aliphatic rings. The molecule has 0 saturated carbocycles. The largest absolute Gasteiger partial charge is 0.339 e. The van der Waals surface area contributed by atoms with Crippen LogP contribution in [0.4, 0.5) is 11.4 Å². The molecule has 2 aromatic heterocycles. The SMILES string of the molecule is Cc1nnc2n1-c1ccc(-c3c[nH]c(=O)cn3)cc1N(c1ccc(Cl)cc1)C[C@H]2C. The molecule has 2 aromatic carbocycles. The summed E-state index contributed by atoms with van der Waals surface area (Å²) in [6.45, 7) is 4.84. The molecule has 0 amide bonds. The number of hydrogen-bond donors (Lipinski definition) is 1. The van der Waals surface area contributed by atoms with E-state index in [-0.39, 0.29) is 11.5 Å². The van der Waals surface area contributed by atoms with Crippen molar-refractivity contribution in [3.8, 4) is 16.9 Å². The summed E-state index contributed by atoms with van der Waals surface area (Å²) in [6, 6.07) is 14.0. The Bertz CT molecular complexity index is 1270. The van der Waals surface area contributed by atoms with Crippen LogP contribution in [0.3, 0.4) is 0 Å². The minimum atomic E-state index is -0.227. The van der Waals surface area contributed by atoms with E-state index in [1.807, 2.05) is 37.3 Å². The summed E-state index contributed by atoms with van der Waals surface area (Å²) in [6.07, 6.45) is 2.92. The molecule has 0 unspecified atom stereocenters. The quantitative estimate of drug-likeness (QED) is 0.526. The molecule has 0 bridgehead atoms. The highest BCUT2D eigenvalue weighted by Gasteiger charge is 2.28. The summed E-state index contributed by atoms with van der Waals surface area (Å²) >= 11 is 6.13. The van der Waals surface area contributed by atoms with E-state index in [9.17, 15) is 4.79 Å². The second-order valence-electron chi connectivity index (χ2n) is 7.43. The molecule has 150 valence electrons. The Morgan fingerprint density at radius 2 is 1.90 bits per heavy atom. The van der Waals surface area contributed by atoms with Crippen molar-refractivity contribution in [2.75, 3.05) is 11.4 Å². The Morgan fingerprint density at radius 1 is 1.10 bits per heavy atom. The average molecular weight is 419 g/mol. The van der Waals surface area contributed by atoms with Crippen molar-refractivity contribution in [1.29, 1.82) is 0 Å². The van der Waals surface area contributed by atoms with E-state index in [4.69, 9.17) is 11.6 Å². The predicted octanol–water partition coefficient (Wildman–Crippen LogP) is 4.23. The van der Waals surface area contributed by atoms with Crippen molar-refractivity contribution in [1.82, 2.24) is 24.7 Å². The minimum Gasteiger partial charge on any atom is -0.339 e. The highest BCUT2D eigenvalue weighted by atomic mass is 35.5. The number of aromatic nitrogens is 5. The molecule has 7 nitrogen and oxygen atoms in total. The van der Waals surface area contributed by atoms with Crippen LogP contribution in [-0.2, 0) is 0 Å². The van der Waals surface area contributed by atoms with Gasteiger partial charge in [-0.05, 0) is 43.3 Å². The number of benzene rings is 2. The number of hydrogen-bond acceptors (Lipinski definition) is 5. The van der Waals surface area contributed by atoms with Crippen molar-refractivity contribution in [2.24, 2.45) is 0 Å². The van der Waals surface area contributed by atoms with E-state index < -0.39 is 0 Å². The lowest BCUT2D eigenvalue weighted by atomic mass is 10.1. The van der Waals surface area contributed by atoms with Gasteiger partial charge in [-0.25, -0.2) is 4.98 Å². The fraction of sp³-hybridized carbons (Fsp3) is 0.182. The molecule has 8 heteroatoms. The Hall–Kier alpha value is -3.45. The van der Waals surface area contributed by atoms with Crippen LogP contribution in [0.1, 0.15) is 24.5 Å². The van der Waals surface area contributed by atoms with Gasteiger partial charge in [0.25, 0.3) is 5.56 Å².